The third-order valence-corrected chi connectivity index (χ3v) is 4.93. The number of hydrogen-bond acceptors (Lipinski definition) is 2. The Labute approximate surface area is 140 Å². The lowest BCUT2D eigenvalue weighted by Gasteiger charge is -2.25. The van der Waals surface area contributed by atoms with Gasteiger partial charge >= 0.3 is 0 Å². The third kappa shape index (κ3) is 6.90. The summed E-state index contributed by atoms with van der Waals surface area (Å²) in [6, 6.07) is 10.4. The zero-order valence-corrected chi connectivity index (χ0v) is 14.5. The van der Waals surface area contributed by atoms with Crippen molar-refractivity contribution in [3.63, 3.8) is 0 Å². The molecule has 2 heteroatoms. The predicted octanol–water partition coefficient (Wildman–Crippen LogP) is 5.90. The molecule has 0 saturated heterocycles. The van der Waals surface area contributed by atoms with E-state index < -0.39 is 0 Å². The fourth-order valence-corrected chi connectivity index (χ4v) is 3.45. The molecular weight excluding hydrogens is 288 g/mol. The highest BCUT2D eigenvalue weighted by molar-refractivity contribution is 8.03. The van der Waals surface area contributed by atoms with Crippen molar-refractivity contribution in [2.24, 2.45) is 5.92 Å². The molecular formula is C20H28OS. The van der Waals surface area contributed by atoms with Gasteiger partial charge in [0.25, 0.3) is 0 Å². The molecule has 1 saturated carbocycles. The second-order valence-electron chi connectivity index (χ2n) is 6.07. The van der Waals surface area contributed by atoms with Crippen LogP contribution in [0.15, 0.2) is 35.2 Å². The van der Waals surface area contributed by atoms with Gasteiger partial charge in [-0.2, -0.15) is 0 Å². The monoisotopic (exact) mass is 316 g/mol. The minimum Gasteiger partial charge on any atom is -0.378 e. The van der Waals surface area contributed by atoms with E-state index in [2.05, 4.69) is 42.4 Å². The van der Waals surface area contributed by atoms with E-state index in [-0.39, 0.29) is 0 Å². The number of thioether (sulfide) groups is 1. The largest absolute Gasteiger partial charge is 0.378 e. The molecule has 0 aromatic heterocycles. The lowest BCUT2D eigenvalue weighted by molar-refractivity contribution is 0.0210. The van der Waals surface area contributed by atoms with Crippen molar-refractivity contribution in [1.82, 2.24) is 0 Å². The molecule has 0 heterocycles. The Morgan fingerprint density at radius 3 is 2.55 bits per heavy atom. The summed E-state index contributed by atoms with van der Waals surface area (Å²) >= 11 is 1.64. The topological polar surface area (TPSA) is 9.23 Å². The van der Waals surface area contributed by atoms with Gasteiger partial charge in [0, 0.05) is 17.4 Å². The molecule has 0 spiro atoms. The van der Waals surface area contributed by atoms with Crippen LogP contribution in [0, 0.1) is 17.1 Å². The highest BCUT2D eigenvalue weighted by atomic mass is 32.2. The quantitative estimate of drug-likeness (QED) is 0.352. The van der Waals surface area contributed by atoms with Gasteiger partial charge in [-0.15, -0.1) is 0 Å². The predicted molar refractivity (Wildman–Crippen MR) is 95.9 cm³/mol. The van der Waals surface area contributed by atoms with Crippen molar-refractivity contribution in [2.75, 3.05) is 6.61 Å². The van der Waals surface area contributed by atoms with E-state index in [1.165, 1.54) is 56.3 Å². The summed E-state index contributed by atoms with van der Waals surface area (Å²) < 4.78 is 6.00. The molecule has 0 bridgehead atoms. The van der Waals surface area contributed by atoms with Gasteiger partial charge in [-0.25, -0.2) is 0 Å². The molecule has 1 aromatic rings. The van der Waals surface area contributed by atoms with Crippen LogP contribution in [0.3, 0.4) is 0 Å². The summed E-state index contributed by atoms with van der Waals surface area (Å²) in [6.45, 7) is 3.20. The molecule has 0 unspecified atom stereocenters. The fraction of sp³-hybridized carbons (Fsp3) is 0.600. The van der Waals surface area contributed by atoms with Gasteiger partial charge in [0.1, 0.15) is 0 Å². The van der Waals surface area contributed by atoms with Crippen LogP contribution in [0.5, 0.6) is 0 Å². The van der Waals surface area contributed by atoms with Gasteiger partial charge in [0.15, 0.2) is 0 Å². The molecule has 0 atom stereocenters. The van der Waals surface area contributed by atoms with Crippen molar-refractivity contribution in [3.05, 3.63) is 30.3 Å². The molecule has 120 valence electrons. The first-order valence-corrected chi connectivity index (χ1v) is 9.54. The molecule has 0 radical (unpaired) electrons. The first kappa shape index (κ1) is 17.4. The summed E-state index contributed by atoms with van der Waals surface area (Å²) in [4.78, 5) is 1.24. The first-order chi connectivity index (χ1) is 10.9. The van der Waals surface area contributed by atoms with Crippen LogP contribution in [0.4, 0.5) is 0 Å². The van der Waals surface area contributed by atoms with Crippen LogP contribution in [0.2, 0.25) is 0 Å². The Kier molecular flexibility index (Phi) is 8.53. The normalized spacial score (nSPS) is 21.1. The van der Waals surface area contributed by atoms with Gasteiger partial charge in [-0.3, -0.25) is 0 Å². The second-order valence-corrected chi connectivity index (χ2v) is 6.95. The second kappa shape index (κ2) is 10.8. The van der Waals surface area contributed by atoms with Crippen LogP contribution in [-0.4, -0.2) is 12.7 Å². The van der Waals surface area contributed by atoms with Gasteiger partial charge in [0.2, 0.25) is 0 Å². The molecule has 1 aromatic carbocycles. The SMILES string of the molecule is CCCCCCOC1CCC(C#CSc2ccccc2)CC1. The third-order valence-electron chi connectivity index (χ3n) is 4.20. The Bertz CT molecular complexity index is 452. The summed E-state index contributed by atoms with van der Waals surface area (Å²) in [5, 5.41) is 3.28. The number of ether oxygens (including phenoxy) is 1. The van der Waals surface area contributed by atoms with Gasteiger partial charge in [-0.05, 0) is 61.3 Å². The summed E-state index contributed by atoms with van der Waals surface area (Å²) in [5.74, 6) is 4.00. The smallest absolute Gasteiger partial charge is 0.0576 e. The minimum atomic E-state index is 0.487. The van der Waals surface area contributed by atoms with Crippen LogP contribution < -0.4 is 0 Å². The molecule has 1 fully saturated rings. The van der Waals surface area contributed by atoms with E-state index in [1.54, 1.807) is 11.8 Å². The van der Waals surface area contributed by atoms with Crippen molar-refractivity contribution < 1.29 is 4.74 Å². The Hall–Kier alpha value is -0.910. The average molecular weight is 317 g/mol. The summed E-state index contributed by atoms with van der Waals surface area (Å²) in [7, 11) is 0. The first-order valence-electron chi connectivity index (χ1n) is 8.72. The molecule has 1 nitrogen and oxygen atoms in total. The van der Waals surface area contributed by atoms with Gasteiger partial charge in [-0.1, -0.05) is 50.3 Å². The Balaban J connectivity index is 1.59. The molecule has 0 N–H and O–H groups in total. The van der Waals surface area contributed by atoms with E-state index in [4.69, 9.17) is 4.74 Å². The van der Waals surface area contributed by atoms with Crippen LogP contribution >= 0.6 is 11.8 Å². The highest BCUT2D eigenvalue weighted by Crippen LogP contribution is 2.26. The fourth-order valence-electron chi connectivity index (χ4n) is 2.81. The number of hydrogen-bond donors (Lipinski definition) is 0. The lowest BCUT2D eigenvalue weighted by Crippen LogP contribution is -2.21. The molecule has 22 heavy (non-hydrogen) atoms. The van der Waals surface area contributed by atoms with Crippen molar-refractivity contribution in [1.29, 1.82) is 0 Å². The van der Waals surface area contributed by atoms with E-state index in [0.29, 0.717) is 12.0 Å². The van der Waals surface area contributed by atoms with Crippen LogP contribution in [0.25, 0.3) is 0 Å². The number of rotatable bonds is 7. The molecule has 2 rings (SSSR count). The molecule has 1 aliphatic carbocycles. The summed E-state index contributed by atoms with van der Waals surface area (Å²) in [5.41, 5.74) is 0. The highest BCUT2D eigenvalue weighted by Gasteiger charge is 2.19. The summed E-state index contributed by atoms with van der Waals surface area (Å²) in [6.07, 6.45) is 10.4. The Morgan fingerprint density at radius 2 is 1.82 bits per heavy atom. The van der Waals surface area contributed by atoms with E-state index in [1.807, 2.05) is 6.07 Å². The van der Waals surface area contributed by atoms with Crippen molar-refractivity contribution in [2.45, 2.75) is 69.3 Å². The minimum absolute atomic E-state index is 0.487. The van der Waals surface area contributed by atoms with Gasteiger partial charge in [0.05, 0.1) is 6.10 Å². The lowest BCUT2D eigenvalue weighted by atomic mass is 9.88. The standard InChI is InChI=1S/C20H28OS/c1-2-3-4-8-16-21-19-13-11-18(12-14-19)15-17-22-20-9-6-5-7-10-20/h5-7,9-10,18-19H,2-4,8,11-14,16H2,1H3. The maximum atomic E-state index is 6.00. The van der Waals surface area contributed by atoms with Crippen molar-refractivity contribution >= 4 is 11.8 Å². The number of benzene rings is 1. The van der Waals surface area contributed by atoms with Crippen molar-refractivity contribution in [3.8, 4) is 11.2 Å². The Morgan fingerprint density at radius 1 is 1.05 bits per heavy atom. The maximum Gasteiger partial charge on any atom is 0.0576 e. The maximum absolute atomic E-state index is 6.00. The molecule has 1 aliphatic rings. The van der Waals surface area contributed by atoms with E-state index >= 15 is 0 Å². The van der Waals surface area contributed by atoms with Crippen LogP contribution in [-0.2, 0) is 4.74 Å². The van der Waals surface area contributed by atoms with E-state index in [9.17, 15) is 0 Å². The van der Waals surface area contributed by atoms with E-state index in [0.717, 1.165) is 6.61 Å². The zero-order valence-electron chi connectivity index (χ0n) is 13.7. The number of unbranched alkanes of at least 4 members (excludes halogenated alkanes) is 3. The van der Waals surface area contributed by atoms with Gasteiger partial charge < -0.3 is 4.74 Å². The molecule has 0 aliphatic heterocycles. The zero-order chi connectivity index (χ0) is 15.5. The molecule has 0 amide bonds. The van der Waals surface area contributed by atoms with Crippen LogP contribution in [0.1, 0.15) is 58.3 Å². The average Bonchev–Trinajstić information content (AvgIpc) is 2.57.